The maximum absolute atomic E-state index is 9.82. The minimum atomic E-state index is 0.418. The van der Waals surface area contributed by atoms with Crippen LogP contribution >= 0.6 is 0 Å². The lowest BCUT2D eigenvalue weighted by atomic mass is 10.0. The van der Waals surface area contributed by atoms with Crippen molar-refractivity contribution in [2.75, 3.05) is 20.1 Å². The van der Waals surface area contributed by atoms with E-state index in [0.717, 1.165) is 25.2 Å². The van der Waals surface area contributed by atoms with Crippen LogP contribution < -0.4 is 5.32 Å². The van der Waals surface area contributed by atoms with E-state index in [2.05, 4.69) is 10.2 Å². The molecule has 1 saturated heterocycles. The molecule has 94 valence electrons. The monoisotopic (exact) mass is 234 g/mol. The summed E-state index contributed by atoms with van der Waals surface area (Å²) < 4.78 is 0. The molecule has 1 atom stereocenters. The van der Waals surface area contributed by atoms with Crippen molar-refractivity contribution in [2.24, 2.45) is 0 Å². The molecular weight excluding hydrogens is 212 g/mol. The average Bonchev–Trinajstić information content (AvgIpc) is 2.35. The number of likely N-dealkylation sites (N-methyl/N-ethyl adjacent to an activating group) is 1. The molecular formula is C14H22N2O. The second-order valence-corrected chi connectivity index (χ2v) is 4.81. The van der Waals surface area contributed by atoms with Crippen LogP contribution in [0.5, 0.6) is 5.75 Å². The van der Waals surface area contributed by atoms with Gasteiger partial charge in [-0.25, -0.2) is 0 Å². The highest BCUT2D eigenvalue weighted by Gasteiger charge is 2.22. The van der Waals surface area contributed by atoms with Crippen LogP contribution in [-0.2, 0) is 6.54 Å². The molecule has 0 aromatic heterocycles. The van der Waals surface area contributed by atoms with Gasteiger partial charge in [-0.2, -0.15) is 0 Å². The van der Waals surface area contributed by atoms with Crippen molar-refractivity contribution in [1.29, 1.82) is 0 Å². The van der Waals surface area contributed by atoms with Gasteiger partial charge in [-0.3, -0.25) is 4.90 Å². The minimum absolute atomic E-state index is 0.418. The summed E-state index contributed by atoms with van der Waals surface area (Å²) in [6.07, 6.45) is 3.85. The van der Waals surface area contributed by atoms with Crippen LogP contribution in [0.4, 0.5) is 0 Å². The summed E-state index contributed by atoms with van der Waals surface area (Å²) in [7, 11) is 2.01. The van der Waals surface area contributed by atoms with Crippen molar-refractivity contribution >= 4 is 0 Å². The number of hydrogen-bond acceptors (Lipinski definition) is 3. The van der Waals surface area contributed by atoms with E-state index in [4.69, 9.17) is 0 Å². The van der Waals surface area contributed by atoms with Gasteiger partial charge in [-0.05, 0) is 32.5 Å². The number of nitrogens with one attached hydrogen (secondary N) is 1. The summed E-state index contributed by atoms with van der Waals surface area (Å²) in [5, 5.41) is 13.1. The normalized spacial score (nSPS) is 21.6. The fourth-order valence-electron chi connectivity index (χ4n) is 2.60. The molecule has 1 fully saturated rings. The third-order valence-corrected chi connectivity index (χ3v) is 3.55. The zero-order chi connectivity index (χ0) is 12.1. The quantitative estimate of drug-likeness (QED) is 0.836. The number of para-hydroxylation sites is 1. The first-order valence-corrected chi connectivity index (χ1v) is 6.47. The summed E-state index contributed by atoms with van der Waals surface area (Å²) >= 11 is 0. The number of likely N-dealkylation sites (tertiary alicyclic amines) is 1. The first-order valence-electron chi connectivity index (χ1n) is 6.47. The fourth-order valence-corrected chi connectivity index (χ4v) is 2.60. The van der Waals surface area contributed by atoms with Gasteiger partial charge in [0.15, 0.2) is 0 Å². The molecule has 3 heteroatoms. The molecule has 17 heavy (non-hydrogen) atoms. The molecule has 0 saturated carbocycles. The lowest BCUT2D eigenvalue weighted by molar-refractivity contribution is 0.138. The van der Waals surface area contributed by atoms with Gasteiger partial charge in [0, 0.05) is 24.7 Å². The Morgan fingerprint density at radius 2 is 2.18 bits per heavy atom. The van der Waals surface area contributed by atoms with Crippen molar-refractivity contribution < 1.29 is 5.11 Å². The van der Waals surface area contributed by atoms with Gasteiger partial charge in [0.2, 0.25) is 0 Å². The Morgan fingerprint density at radius 1 is 1.35 bits per heavy atom. The largest absolute Gasteiger partial charge is 0.508 e. The standard InChI is InChI=1S/C14H22N2O/c1-15-10-13-7-4-5-9-16(13)11-12-6-2-3-8-14(12)17/h2-3,6,8,13,15,17H,4-5,7,9-11H2,1H3. The third-order valence-electron chi connectivity index (χ3n) is 3.55. The molecule has 1 aromatic rings. The van der Waals surface area contributed by atoms with Crippen LogP contribution in [0.15, 0.2) is 24.3 Å². The minimum Gasteiger partial charge on any atom is -0.508 e. The van der Waals surface area contributed by atoms with Gasteiger partial charge in [-0.15, -0.1) is 0 Å². The molecule has 2 rings (SSSR count). The second kappa shape index (κ2) is 6.03. The number of phenols is 1. The molecule has 0 spiro atoms. The smallest absolute Gasteiger partial charge is 0.120 e. The van der Waals surface area contributed by atoms with E-state index >= 15 is 0 Å². The Hall–Kier alpha value is -1.06. The molecule has 0 amide bonds. The molecule has 3 nitrogen and oxygen atoms in total. The Kier molecular flexibility index (Phi) is 4.40. The van der Waals surface area contributed by atoms with Crippen LogP contribution in [0.2, 0.25) is 0 Å². The van der Waals surface area contributed by atoms with Crippen LogP contribution in [0.1, 0.15) is 24.8 Å². The number of phenolic OH excluding ortho intramolecular Hbond substituents is 1. The van der Waals surface area contributed by atoms with E-state index in [-0.39, 0.29) is 0 Å². The predicted molar refractivity (Wildman–Crippen MR) is 70.1 cm³/mol. The van der Waals surface area contributed by atoms with Crippen molar-refractivity contribution in [3.63, 3.8) is 0 Å². The number of aromatic hydroxyl groups is 1. The Bertz CT molecular complexity index is 352. The average molecular weight is 234 g/mol. The number of piperidine rings is 1. The van der Waals surface area contributed by atoms with Gasteiger partial charge >= 0.3 is 0 Å². The lowest BCUT2D eigenvalue weighted by Gasteiger charge is -2.35. The van der Waals surface area contributed by atoms with E-state index in [1.807, 2.05) is 25.2 Å². The Labute approximate surface area is 103 Å². The first kappa shape index (κ1) is 12.4. The second-order valence-electron chi connectivity index (χ2n) is 4.81. The topological polar surface area (TPSA) is 35.5 Å². The SMILES string of the molecule is CNCC1CCCCN1Cc1ccccc1O. The van der Waals surface area contributed by atoms with Gasteiger partial charge in [0.25, 0.3) is 0 Å². The van der Waals surface area contributed by atoms with E-state index < -0.39 is 0 Å². The molecule has 0 bridgehead atoms. The Balaban J connectivity index is 2.03. The van der Waals surface area contributed by atoms with Gasteiger partial charge in [-0.1, -0.05) is 24.6 Å². The number of hydrogen-bond donors (Lipinski definition) is 2. The van der Waals surface area contributed by atoms with Crippen LogP contribution in [-0.4, -0.2) is 36.2 Å². The lowest BCUT2D eigenvalue weighted by Crippen LogP contribution is -2.44. The third kappa shape index (κ3) is 3.20. The summed E-state index contributed by atoms with van der Waals surface area (Å²) in [5.74, 6) is 0.418. The molecule has 1 unspecified atom stereocenters. The van der Waals surface area contributed by atoms with E-state index in [9.17, 15) is 5.11 Å². The van der Waals surface area contributed by atoms with Gasteiger partial charge < -0.3 is 10.4 Å². The summed E-state index contributed by atoms with van der Waals surface area (Å²) in [6, 6.07) is 8.26. The summed E-state index contributed by atoms with van der Waals surface area (Å²) in [4.78, 5) is 2.48. The van der Waals surface area contributed by atoms with Crippen molar-refractivity contribution in [2.45, 2.75) is 31.8 Å². The summed E-state index contributed by atoms with van der Waals surface area (Å²) in [6.45, 7) is 3.04. The molecule has 2 N–H and O–H groups in total. The maximum Gasteiger partial charge on any atom is 0.120 e. The fraction of sp³-hybridized carbons (Fsp3) is 0.571. The van der Waals surface area contributed by atoms with Gasteiger partial charge in [0.1, 0.15) is 5.75 Å². The van der Waals surface area contributed by atoms with E-state index in [1.165, 1.54) is 19.3 Å². The number of benzene rings is 1. The highest BCUT2D eigenvalue weighted by Crippen LogP contribution is 2.23. The van der Waals surface area contributed by atoms with Crippen LogP contribution in [0, 0.1) is 0 Å². The summed E-state index contributed by atoms with van der Waals surface area (Å²) in [5.41, 5.74) is 1.04. The van der Waals surface area contributed by atoms with Crippen LogP contribution in [0.25, 0.3) is 0 Å². The van der Waals surface area contributed by atoms with Crippen molar-refractivity contribution in [3.8, 4) is 5.75 Å². The highest BCUT2D eigenvalue weighted by molar-refractivity contribution is 5.31. The first-order chi connectivity index (χ1) is 8.31. The predicted octanol–water partition coefficient (Wildman–Crippen LogP) is 1.97. The molecule has 1 heterocycles. The zero-order valence-corrected chi connectivity index (χ0v) is 10.5. The van der Waals surface area contributed by atoms with Crippen molar-refractivity contribution in [1.82, 2.24) is 10.2 Å². The van der Waals surface area contributed by atoms with Crippen molar-refractivity contribution in [3.05, 3.63) is 29.8 Å². The number of rotatable bonds is 4. The maximum atomic E-state index is 9.82. The van der Waals surface area contributed by atoms with E-state index in [1.54, 1.807) is 6.07 Å². The Morgan fingerprint density at radius 3 is 2.94 bits per heavy atom. The van der Waals surface area contributed by atoms with E-state index in [0.29, 0.717) is 11.8 Å². The zero-order valence-electron chi connectivity index (χ0n) is 10.5. The molecule has 1 aliphatic rings. The molecule has 0 aliphatic carbocycles. The van der Waals surface area contributed by atoms with Crippen LogP contribution in [0.3, 0.4) is 0 Å². The number of nitrogens with zero attached hydrogens (tertiary/aromatic N) is 1. The molecule has 1 aromatic carbocycles. The molecule has 1 aliphatic heterocycles. The van der Waals surface area contributed by atoms with Gasteiger partial charge in [0.05, 0.1) is 0 Å². The highest BCUT2D eigenvalue weighted by atomic mass is 16.3. The molecule has 0 radical (unpaired) electrons.